The van der Waals surface area contributed by atoms with Gasteiger partial charge in [-0.1, -0.05) is 43.3 Å². The summed E-state index contributed by atoms with van der Waals surface area (Å²) in [7, 11) is 3.42. The van der Waals surface area contributed by atoms with E-state index < -0.39 is 0 Å². The zero-order chi connectivity index (χ0) is 15.1. The number of rotatable bonds is 7. The van der Waals surface area contributed by atoms with Crippen molar-refractivity contribution >= 4 is 0 Å². The van der Waals surface area contributed by atoms with Gasteiger partial charge in [-0.2, -0.15) is 0 Å². The third-order valence-electron chi connectivity index (χ3n) is 3.65. The number of hydrogen-bond donors (Lipinski definition) is 1. The van der Waals surface area contributed by atoms with Crippen LogP contribution in [-0.4, -0.2) is 14.2 Å². The van der Waals surface area contributed by atoms with E-state index in [4.69, 9.17) is 9.47 Å². The predicted octanol–water partition coefficient (Wildman–Crippen LogP) is 3.94. The molecule has 3 nitrogen and oxygen atoms in total. The van der Waals surface area contributed by atoms with E-state index in [1.165, 1.54) is 5.56 Å². The van der Waals surface area contributed by atoms with Gasteiger partial charge in [-0.15, -0.1) is 0 Å². The molecule has 0 amide bonds. The molecule has 0 fully saturated rings. The molecule has 0 bridgehead atoms. The molecule has 21 heavy (non-hydrogen) atoms. The Balaban J connectivity index is 2.12. The molecule has 0 heterocycles. The summed E-state index contributed by atoms with van der Waals surface area (Å²) < 4.78 is 10.9. The van der Waals surface area contributed by atoms with Crippen molar-refractivity contribution in [3.05, 3.63) is 59.7 Å². The van der Waals surface area contributed by atoms with Crippen LogP contribution in [0.15, 0.2) is 48.5 Å². The van der Waals surface area contributed by atoms with Crippen LogP contribution in [0, 0.1) is 0 Å². The van der Waals surface area contributed by atoms with Crippen molar-refractivity contribution < 1.29 is 9.47 Å². The standard InChI is InChI=1S/C18H23NO2/c1-4-16(15-10-6-8-12-18(15)21-3)19-13-14-9-5-7-11-17(14)20-2/h5-12,16,19H,4,13H2,1-3H3. The third-order valence-corrected chi connectivity index (χ3v) is 3.65. The molecule has 2 rings (SSSR count). The van der Waals surface area contributed by atoms with Crippen LogP contribution in [0.4, 0.5) is 0 Å². The lowest BCUT2D eigenvalue weighted by Gasteiger charge is -2.20. The minimum Gasteiger partial charge on any atom is -0.496 e. The Morgan fingerprint density at radius 2 is 1.52 bits per heavy atom. The van der Waals surface area contributed by atoms with E-state index in [9.17, 15) is 0 Å². The van der Waals surface area contributed by atoms with Crippen molar-refractivity contribution in [2.24, 2.45) is 0 Å². The molecule has 2 aromatic rings. The second-order valence-corrected chi connectivity index (χ2v) is 4.90. The Labute approximate surface area is 126 Å². The first kappa shape index (κ1) is 15.4. The molecule has 0 aliphatic heterocycles. The van der Waals surface area contributed by atoms with Crippen LogP contribution >= 0.6 is 0 Å². The molecule has 0 aliphatic rings. The number of ether oxygens (including phenoxy) is 2. The van der Waals surface area contributed by atoms with Crippen LogP contribution in [0.3, 0.4) is 0 Å². The highest BCUT2D eigenvalue weighted by Gasteiger charge is 2.14. The molecule has 0 radical (unpaired) electrons. The van der Waals surface area contributed by atoms with E-state index in [0.717, 1.165) is 30.0 Å². The van der Waals surface area contributed by atoms with Gasteiger partial charge in [-0.05, 0) is 18.6 Å². The fourth-order valence-corrected chi connectivity index (χ4v) is 2.51. The molecule has 0 aliphatic carbocycles. The molecule has 3 heteroatoms. The van der Waals surface area contributed by atoms with Gasteiger partial charge >= 0.3 is 0 Å². The highest BCUT2D eigenvalue weighted by molar-refractivity contribution is 5.37. The van der Waals surface area contributed by atoms with E-state index in [0.29, 0.717) is 0 Å². The lowest BCUT2D eigenvalue weighted by molar-refractivity contribution is 0.391. The van der Waals surface area contributed by atoms with Crippen LogP contribution < -0.4 is 14.8 Å². The molecule has 2 aromatic carbocycles. The van der Waals surface area contributed by atoms with Gasteiger partial charge in [0.15, 0.2) is 0 Å². The Hall–Kier alpha value is -2.00. The number of para-hydroxylation sites is 2. The van der Waals surface area contributed by atoms with Crippen molar-refractivity contribution in [2.75, 3.05) is 14.2 Å². The molecule has 0 saturated carbocycles. The van der Waals surface area contributed by atoms with E-state index in [1.807, 2.05) is 36.4 Å². The SMILES string of the molecule is CCC(NCc1ccccc1OC)c1ccccc1OC. The summed E-state index contributed by atoms with van der Waals surface area (Å²) in [6.07, 6.45) is 0.996. The van der Waals surface area contributed by atoms with Crippen molar-refractivity contribution in [2.45, 2.75) is 25.9 Å². The summed E-state index contributed by atoms with van der Waals surface area (Å²) in [6, 6.07) is 16.5. The first-order valence-electron chi connectivity index (χ1n) is 7.28. The lowest BCUT2D eigenvalue weighted by Crippen LogP contribution is -2.21. The number of nitrogens with one attached hydrogen (secondary N) is 1. The molecule has 1 atom stereocenters. The second kappa shape index (κ2) is 7.70. The minimum atomic E-state index is 0.256. The molecular weight excluding hydrogens is 262 g/mol. The highest BCUT2D eigenvalue weighted by atomic mass is 16.5. The van der Waals surface area contributed by atoms with Gasteiger partial charge in [0, 0.05) is 23.7 Å². The average molecular weight is 285 g/mol. The Kier molecular flexibility index (Phi) is 5.64. The van der Waals surface area contributed by atoms with E-state index in [1.54, 1.807) is 14.2 Å². The van der Waals surface area contributed by atoms with Gasteiger partial charge in [0.1, 0.15) is 11.5 Å². The largest absolute Gasteiger partial charge is 0.496 e. The predicted molar refractivity (Wildman–Crippen MR) is 85.9 cm³/mol. The van der Waals surface area contributed by atoms with Gasteiger partial charge in [-0.25, -0.2) is 0 Å². The number of hydrogen-bond acceptors (Lipinski definition) is 3. The highest BCUT2D eigenvalue weighted by Crippen LogP contribution is 2.27. The van der Waals surface area contributed by atoms with E-state index in [2.05, 4.69) is 24.4 Å². The van der Waals surface area contributed by atoms with Gasteiger partial charge in [0.25, 0.3) is 0 Å². The van der Waals surface area contributed by atoms with Gasteiger partial charge < -0.3 is 14.8 Å². The normalized spacial score (nSPS) is 12.0. The van der Waals surface area contributed by atoms with Crippen molar-refractivity contribution in [1.29, 1.82) is 0 Å². The summed E-state index contributed by atoms with van der Waals surface area (Å²) in [5.41, 5.74) is 2.35. The van der Waals surface area contributed by atoms with E-state index in [-0.39, 0.29) is 6.04 Å². The molecule has 0 spiro atoms. The quantitative estimate of drug-likeness (QED) is 0.835. The topological polar surface area (TPSA) is 30.5 Å². The van der Waals surface area contributed by atoms with Crippen molar-refractivity contribution in [1.82, 2.24) is 5.32 Å². The molecular formula is C18H23NO2. The van der Waals surface area contributed by atoms with Crippen molar-refractivity contribution in [3.63, 3.8) is 0 Å². The van der Waals surface area contributed by atoms with Gasteiger partial charge in [0.05, 0.1) is 14.2 Å². The second-order valence-electron chi connectivity index (χ2n) is 4.90. The van der Waals surface area contributed by atoms with Crippen LogP contribution in [0.5, 0.6) is 11.5 Å². The lowest BCUT2D eigenvalue weighted by atomic mass is 10.0. The molecule has 1 N–H and O–H groups in total. The Morgan fingerprint density at radius 1 is 0.905 bits per heavy atom. The Morgan fingerprint density at radius 3 is 2.19 bits per heavy atom. The van der Waals surface area contributed by atoms with Crippen LogP contribution in [0.2, 0.25) is 0 Å². The maximum Gasteiger partial charge on any atom is 0.123 e. The van der Waals surface area contributed by atoms with Gasteiger partial charge in [-0.3, -0.25) is 0 Å². The Bertz CT molecular complexity index is 569. The van der Waals surface area contributed by atoms with Crippen LogP contribution in [0.25, 0.3) is 0 Å². The van der Waals surface area contributed by atoms with Gasteiger partial charge in [0.2, 0.25) is 0 Å². The minimum absolute atomic E-state index is 0.256. The summed E-state index contributed by atoms with van der Waals surface area (Å²) in [6.45, 7) is 2.94. The average Bonchev–Trinajstić information content (AvgIpc) is 2.56. The maximum atomic E-state index is 5.46. The number of methoxy groups -OCH3 is 2. The molecule has 112 valence electrons. The summed E-state index contributed by atoms with van der Waals surface area (Å²) in [4.78, 5) is 0. The summed E-state index contributed by atoms with van der Waals surface area (Å²) in [5.74, 6) is 1.84. The summed E-state index contributed by atoms with van der Waals surface area (Å²) in [5, 5.41) is 3.59. The first-order valence-corrected chi connectivity index (χ1v) is 7.28. The molecule has 0 saturated heterocycles. The fraction of sp³-hybridized carbons (Fsp3) is 0.333. The number of benzene rings is 2. The van der Waals surface area contributed by atoms with E-state index >= 15 is 0 Å². The monoisotopic (exact) mass is 285 g/mol. The zero-order valence-corrected chi connectivity index (χ0v) is 12.9. The maximum absolute atomic E-state index is 5.46. The first-order chi connectivity index (χ1) is 10.3. The zero-order valence-electron chi connectivity index (χ0n) is 12.9. The summed E-state index contributed by atoms with van der Waals surface area (Å²) >= 11 is 0. The third kappa shape index (κ3) is 3.76. The van der Waals surface area contributed by atoms with Crippen LogP contribution in [-0.2, 0) is 6.54 Å². The molecule has 1 unspecified atom stereocenters. The van der Waals surface area contributed by atoms with Crippen molar-refractivity contribution in [3.8, 4) is 11.5 Å². The molecule has 0 aromatic heterocycles. The smallest absolute Gasteiger partial charge is 0.123 e. The fourth-order valence-electron chi connectivity index (χ4n) is 2.51. The van der Waals surface area contributed by atoms with Crippen LogP contribution in [0.1, 0.15) is 30.5 Å².